The van der Waals surface area contributed by atoms with Crippen molar-refractivity contribution in [2.24, 2.45) is 0 Å². The molecule has 0 aromatic heterocycles. The van der Waals surface area contributed by atoms with Crippen molar-refractivity contribution in [1.29, 1.82) is 0 Å². The minimum Gasteiger partial charge on any atom is -0.423 e. The number of hydrogen-bond acceptors (Lipinski definition) is 4. The van der Waals surface area contributed by atoms with Crippen LogP contribution in [0.4, 0.5) is 0 Å². The zero-order valence-electron chi connectivity index (χ0n) is 17.4. The Hall–Kier alpha value is -4.18. The molecule has 4 rings (SSSR count). The number of esters is 2. The predicted molar refractivity (Wildman–Crippen MR) is 123 cm³/mol. The molecule has 0 saturated carbocycles. The molecule has 4 heteroatoms. The predicted octanol–water partition coefficient (Wildman–Crippen LogP) is 5.91. The van der Waals surface area contributed by atoms with Crippen molar-refractivity contribution in [3.05, 3.63) is 131 Å². The van der Waals surface area contributed by atoms with Gasteiger partial charge in [-0.2, -0.15) is 0 Å². The van der Waals surface area contributed by atoms with E-state index in [1.54, 1.807) is 36.4 Å². The molecule has 0 amide bonds. The maximum Gasteiger partial charge on any atom is 0.343 e. The highest BCUT2D eigenvalue weighted by molar-refractivity contribution is 5.93. The topological polar surface area (TPSA) is 52.6 Å². The molecule has 0 atom stereocenters. The van der Waals surface area contributed by atoms with Gasteiger partial charge in [0.25, 0.3) is 0 Å². The summed E-state index contributed by atoms with van der Waals surface area (Å²) in [6.07, 6.45) is 1.16. The quantitative estimate of drug-likeness (QED) is 0.274. The molecular formula is C28H22O4. The Morgan fingerprint density at radius 2 is 0.812 bits per heavy atom. The van der Waals surface area contributed by atoms with Crippen LogP contribution in [0.3, 0.4) is 0 Å². The van der Waals surface area contributed by atoms with Crippen molar-refractivity contribution < 1.29 is 19.1 Å². The van der Waals surface area contributed by atoms with Crippen molar-refractivity contribution >= 4 is 11.9 Å². The van der Waals surface area contributed by atoms with Gasteiger partial charge in [0.1, 0.15) is 11.5 Å². The summed E-state index contributed by atoms with van der Waals surface area (Å²) >= 11 is 0. The summed E-state index contributed by atoms with van der Waals surface area (Å²) in [5.74, 6) is 0.203. The van der Waals surface area contributed by atoms with Crippen LogP contribution in [0.25, 0.3) is 0 Å². The zero-order chi connectivity index (χ0) is 22.2. The molecule has 0 bridgehead atoms. The summed E-state index contributed by atoms with van der Waals surface area (Å²) in [4.78, 5) is 25.5. The van der Waals surface area contributed by atoms with Crippen LogP contribution in [0, 0.1) is 0 Å². The third kappa shape index (κ3) is 5.29. The van der Waals surface area contributed by atoms with Crippen LogP contribution in [0.15, 0.2) is 109 Å². The monoisotopic (exact) mass is 422 g/mol. The fourth-order valence-electron chi connectivity index (χ4n) is 3.45. The van der Waals surface area contributed by atoms with Gasteiger partial charge in [-0.3, -0.25) is 0 Å². The highest BCUT2D eigenvalue weighted by Gasteiger charge is 2.16. The van der Waals surface area contributed by atoms with Gasteiger partial charge in [0.05, 0.1) is 11.1 Å². The molecule has 0 fully saturated rings. The molecule has 4 nitrogen and oxygen atoms in total. The fourth-order valence-corrected chi connectivity index (χ4v) is 3.45. The van der Waals surface area contributed by atoms with E-state index in [1.807, 2.05) is 72.8 Å². The van der Waals surface area contributed by atoms with E-state index in [0.29, 0.717) is 35.5 Å². The Morgan fingerprint density at radius 1 is 0.469 bits per heavy atom. The average Bonchev–Trinajstić information content (AvgIpc) is 2.84. The minimum atomic E-state index is -0.399. The van der Waals surface area contributed by atoms with Crippen LogP contribution in [-0.4, -0.2) is 11.9 Å². The van der Waals surface area contributed by atoms with Crippen LogP contribution in [-0.2, 0) is 12.8 Å². The molecule has 4 aromatic rings. The Kier molecular flexibility index (Phi) is 6.73. The van der Waals surface area contributed by atoms with Crippen LogP contribution < -0.4 is 9.47 Å². The van der Waals surface area contributed by atoms with E-state index < -0.39 is 11.9 Å². The van der Waals surface area contributed by atoms with Gasteiger partial charge in [-0.25, -0.2) is 9.59 Å². The van der Waals surface area contributed by atoms with Crippen molar-refractivity contribution in [3.63, 3.8) is 0 Å². The number of para-hydroxylation sites is 2. The average molecular weight is 422 g/mol. The number of benzene rings is 4. The molecule has 158 valence electrons. The number of carbonyl (C=O) groups excluding carboxylic acids is 2. The van der Waals surface area contributed by atoms with Crippen LogP contribution >= 0.6 is 0 Å². The van der Waals surface area contributed by atoms with Gasteiger partial charge in [0, 0.05) is 0 Å². The lowest BCUT2D eigenvalue weighted by Gasteiger charge is -2.12. The lowest BCUT2D eigenvalue weighted by atomic mass is 9.97. The highest BCUT2D eigenvalue weighted by atomic mass is 16.5. The summed E-state index contributed by atoms with van der Waals surface area (Å²) in [5.41, 5.74) is 2.75. The molecule has 0 N–H and O–H groups in total. The number of hydrogen-bond donors (Lipinski definition) is 0. The minimum absolute atomic E-state index is 0.399. The zero-order valence-corrected chi connectivity index (χ0v) is 17.4. The van der Waals surface area contributed by atoms with Gasteiger partial charge in [-0.15, -0.1) is 0 Å². The summed E-state index contributed by atoms with van der Waals surface area (Å²) in [5, 5.41) is 0. The second-order valence-electron chi connectivity index (χ2n) is 7.22. The second kappa shape index (κ2) is 10.2. The van der Waals surface area contributed by atoms with E-state index in [-0.39, 0.29) is 0 Å². The Balaban J connectivity index is 1.49. The third-order valence-corrected chi connectivity index (χ3v) is 5.05. The number of carbonyl (C=O) groups is 2. The summed E-state index contributed by atoms with van der Waals surface area (Å²) in [6.45, 7) is 0. The van der Waals surface area contributed by atoms with E-state index >= 15 is 0 Å². The van der Waals surface area contributed by atoms with E-state index in [1.165, 1.54) is 0 Å². The molecule has 0 aliphatic carbocycles. The Bertz CT molecular complexity index is 1100. The van der Waals surface area contributed by atoms with Crippen LogP contribution in [0.1, 0.15) is 31.8 Å². The van der Waals surface area contributed by atoms with E-state index in [0.717, 1.165) is 11.1 Å². The second-order valence-corrected chi connectivity index (χ2v) is 7.22. The summed E-state index contributed by atoms with van der Waals surface area (Å²) in [6, 6.07) is 32.7. The Labute approximate surface area is 187 Å². The Morgan fingerprint density at radius 3 is 1.22 bits per heavy atom. The van der Waals surface area contributed by atoms with Crippen LogP contribution in [0.2, 0.25) is 0 Å². The first kappa shape index (κ1) is 21.1. The fraction of sp³-hybridized carbons (Fsp3) is 0.0714. The molecular weight excluding hydrogens is 400 g/mol. The van der Waals surface area contributed by atoms with Crippen molar-refractivity contribution in [2.45, 2.75) is 12.8 Å². The number of rotatable bonds is 7. The molecule has 0 heterocycles. The van der Waals surface area contributed by atoms with Crippen molar-refractivity contribution in [3.8, 4) is 11.5 Å². The molecule has 4 aromatic carbocycles. The summed E-state index contributed by atoms with van der Waals surface area (Å²) in [7, 11) is 0. The van der Waals surface area contributed by atoms with E-state index in [2.05, 4.69) is 0 Å². The van der Waals surface area contributed by atoms with E-state index in [4.69, 9.17) is 9.47 Å². The largest absolute Gasteiger partial charge is 0.423 e. The molecule has 0 saturated heterocycles. The van der Waals surface area contributed by atoms with Crippen molar-refractivity contribution in [1.82, 2.24) is 0 Å². The van der Waals surface area contributed by atoms with Gasteiger partial charge in [0.15, 0.2) is 0 Å². The van der Waals surface area contributed by atoms with Gasteiger partial charge in [0.2, 0.25) is 0 Å². The third-order valence-electron chi connectivity index (χ3n) is 5.05. The standard InChI is InChI=1S/C28H22O4/c29-27(31-23-13-3-1-4-14-23)25-17-9-7-11-21(25)19-20-22-12-8-10-18-26(22)28(30)32-24-15-5-2-6-16-24/h1-18H,19-20H2. The van der Waals surface area contributed by atoms with Gasteiger partial charge < -0.3 is 9.47 Å². The number of aryl methyl sites for hydroxylation is 2. The van der Waals surface area contributed by atoms with Crippen LogP contribution in [0.5, 0.6) is 11.5 Å². The first-order valence-electron chi connectivity index (χ1n) is 10.4. The van der Waals surface area contributed by atoms with Gasteiger partial charge in [-0.1, -0.05) is 72.8 Å². The molecule has 0 spiro atoms. The first-order valence-corrected chi connectivity index (χ1v) is 10.4. The van der Waals surface area contributed by atoms with Crippen molar-refractivity contribution in [2.75, 3.05) is 0 Å². The summed E-state index contributed by atoms with van der Waals surface area (Å²) < 4.78 is 11.0. The maximum absolute atomic E-state index is 12.7. The lowest BCUT2D eigenvalue weighted by molar-refractivity contribution is 0.0723. The lowest BCUT2D eigenvalue weighted by Crippen LogP contribution is -2.13. The molecule has 0 aliphatic heterocycles. The normalized spacial score (nSPS) is 10.4. The maximum atomic E-state index is 12.7. The molecule has 0 unspecified atom stereocenters. The van der Waals surface area contributed by atoms with E-state index in [9.17, 15) is 9.59 Å². The van der Waals surface area contributed by atoms with Gasteiger partial charge >= 0.3 is 11.9 Å². The molecule has 32 heavy (non-hydrogen) atoms. The molecule has 0 aliphatic rings. The first-order chi connectivity index (χ1) is 15.7. The smallest absolute Gasteiger partial charge is 0.343 e. The SMILES string of the molecule is O=C(Oc1ccccc1)c1ccccc1CCc1ccccc1C(=O)Oc1ccccc1. The van der Waals surface area contributed by atoms with Gasteiger partial charge in [-0.05, 0) is 60.4 Å². The number of ether oxygens (including phenoxy) is 2. The molecule has 0 radical (unpaired) electrons. The highest BCUT2D eigenvalue weighted by Crippen LogP contribution is 2.20.